The number of hydrogen-bond donors (Lipinski definition) is 6. The highest BCUT2D eigenvalue weighted by Crippen LogP contribution is 2.46. The maximum absolute atomic E-state index is 12.3. The minimum absolute atomic E-state index is 0.0994. The predicted octanol–water partition coefficient (Wildman–Crippen LogP) is 9.82. The van der Waals surface area contributed by atoms with Crippen molar-refractivity contribution in [2.24, 2.45) is 0 Å². The molecule has 0 atom stereocenters. The molecule has 3 aromatic heterocycles. The fourth-order valence-corrected chi connectivity index (χ4v) is 8.31. The highest BCUT2D eigenvalue weighted by molar-refractivity contribution is 7.81. The Hall–Kier alpha value is -8.61. The highest BCUT2D eigenvalue weighted by Gasteiger charge is 2.40. The molecule has 0 saturated heterocycles. The van der Waals surface area contributed by atoms with E-state index >= 15 is 0 Å². The summed E-state index contributed by atoms with van der Waals surface area (Å²) in [6.07, 6.45) is 7.38. The van der Waals surface area contributed by atoms with Crippen molar-refractivity contribution in [3.63, 3.8) is 0 Å². The molecule has 9 rings (SSSR count). The number of pyridine rings is 3. The second-order valence-electron chi connectivity index (χ2n) is 17.8. The van der Waals surface area contributed by atoms with Crippen molar-refractivity contribution in [1.29, 1.82) is 0 Å². The van der Waals surface area contributed by atoms with E-state index < -0.39 is 48.7 Å². The van der Waals surface area contributed by atoms with Crippen LogP contribution in [0.2, 0.25) is 0 Å². The first-order valence-electron chi connectivity index (χ1n) is 21.5. The quantitative estimate of drug-likeness (QED) is 0.0446. The van der Waals surface area contributed by atoms with Crippen LogP contribution in [0.5, 0.6) is 0 Å². The number of benzene rings is 3. The Morgan fingerprint density at radius 1 is 0.500 bits per heavy atom. The summed E-state index contributed by atoms with van der Waals surface area (Å²) in [7, 11) is 0. The van der Waals surface area contributed by atoms with Crippen LogP contribution >= 0.6 is 36.7 Å². The summed E-state index contributed by atoms with van der Waals surface area (Å²) in [6, 6.07) is 20.2. The molecular formula is C48H42N12O9S3. The molecule has 72 heavy (non-hydrogen) atoms. The maximum atomic E-state index is 12.3. The van der Waals surface area contributed by atoms with Crippen LogP contribution in [-0.2, 0) is 16.2 Å². The first-order chi connectivity index (χ1) is 33.9. The van der Waals surface area contributed by atoms with Crippen LogP contribution in [0, 0.1) is 30.3 Å². The molecule has 0 aliphatic carbocycles. The van der Waals surface area contributed by atoms with Gasteiger partial charge >= 0.3 is 0 Å². The SMILES string of the molecule is CC1(C)C(=S)Nc2cc(NC(=O)c3ccccn3)c([N+](=O)[O-])cc21.CC1(C)C(=S)Nc2cc(NC(=O)c3cccnc3)c([N+](=O)[O-])cc21.CC1(C)C(=S)Nc2cc(NC(=O)c3ccncc3)c([N+](=O)[O-])cc21. The Morgan fingerprint density at radius 2 is 0.903 bits per heavy atom. The Bertz CT molecular complexity index is 2940. The Labute approximate surface area is 426 Å². The molecule has 6 N–H and O–H groups in total. The van der Waals surface area contributed by atoms with Gasteiger partial charge in [-0.25, -0.2) is 0 Å². The van der Waals surface area contributed by atoms with Gasteiger partial charge in [0.1, 0.15) is 22.8 Å². The average Bonchev–Trinajstić information content (AvgIpc) is 3.81. The monoisotopic (exact) mass is 1030 g/mol. The number of thiocarbonyl (C=S) groups is 3. The zero-order valence-electron chi connectivity index (χ0n) is 39.0. The summed E-state index contributed by atoms with van der Waals surface area (Å²) in [5.74, 6) is -1.43. The molecule has 366 valence electrons. The Kier molecular flexibility index (Phi) is 14.2. The van der Waals surface area contributed by atoms with Crippen molar-refractivity contribution in [2.75, 3.05) is 31.9 Å². The summed E-state index contributed by atoms with van der Waals surface area (Å²) in [4.78, 5) is 82.9. The standard InChI is InChI=1S/3C16H14N4O3S/c1-16(2)10-7-13(20(22)23)12(8-11(10)19-15(16)24)18-14(21)9-3-5-17-6-4-9;1-16(2)10-6-13(20(22)23)12(7-11(10)19-15(16)24)18-14(21)9-4-3-5-17-8-9;1-16(2)9-7-13(20(22)23)12(8-11(9)19-15(16)24)18-14(21)10-5-3-4-6-17-10/h3*3-8H,1-2H3,(H,18,21)(H,19,24). The Balaban J connectivity index is 0.000000158. The summed E-state index contributed by atoms with van der Waals surface area (Å²) >= 11 is 15.9. The number of amides is 3. The van der Waals surface area contributed by atoms with Gasteiger partial charge in [0.05, 0.1) is 35.3 Å². The van der Waals surface area contributed by atoms with Gasteiger partial charge < -0.3 is 31.9 Å². The van der Waals surface area contributed by atoms with E-state index in [2.05, 4.69) is 46.9 Å². The normalized spacial score (nSPS) is 14.7. The van der Waals surface area contributed by atoms with Crippen LogP contribution in [0.4, 0.5) is 51.2 Å². The van der Waals surface area contributed by atoms with Gasteiger partial charge in [-0.05, 0) is 113 Å². The minimum atomic E-state index is -0.522. The van der Waals surface area contributed by atoms with Crippen LogP contribution in [0.3, 0.4) is 0 Å². The van der Waals surface area contributed by atoms with Crippen molar-refractivity contribution in [3.05, 3.63) is 174 Å². The van der Waals surface area contributed by atoms with Crippen LogP contribution in [-0.4, -0.2) is 62.4 Å². The van der Waals surface area contributed by atoms with E-state index in [0.29, 0.717) is 43.2 Å². The number of carbonyl (C=O) groups excluding carboxylic acids is 3. The molecular weight excluding hydrogens is 985 g/mol. The first-order valence-corrected chi connectivity index (χ1v) is 22.7. The Morgan fingerprint density at radius 3 is 1.26 bits per heavy atom. The van der Waals surface area contributed by atoms with Gasteiger partial charge in [-0.15, -0.1) is 0 Å². The largest absolute Gasteiger partial charge is 0.349 e. The molecule has 3 amide bonds. The minimum Gasteiger partial charge on any atom is -0.349 e. The molecule has 3 aromatic carbocycles. The van der Waals surface area contributed by atoms with Crippen molar-refractivity contribution in [1.82, 2.24) is 15.0 Å². The molecule has 24 heteroatoms. The molecule has 0 unspecified atom stereocenters. The highest BCUT2D eigenvalue weighted by atomic mass is 32.1. The first kappa shape index (κ1) is 51.2. The number of nitrogens with zero attached hydrogens (tertiary/aromatic N) is 6. The van der Waals surface area contributed by atoms with Crippen molar-refractivity contribution in [3.8, 4) is 0 Å². The molecule has 6 heterocycles. The van der Waals surface area contributed by atoms with Gasteiger partial charge in [-0.2, -0.15) is 0 Å². The molecule has 0 fully saturated rings. The summed E-state index contributed by atoms with van der Waals surface area (Å²) in [6.45, 7) is 11.4. The topological polar surface area (TPSA) is 291 Å². The third kappa shape index (κ3) is 10.3. The van der Waals surface area contributed by atoms with E-state index in [-0.39, 0.29) is 39.8 Å². The van der Waals surface area contributed by atoms with E-state index in [1.165, 1.54) is 67.3 Å². The number of anilines is 6. The lowest BCUT2D eigenvalue weighted by Gasteiger charge is -2.17. The number of nitro groups is 3. The van der Waals surface area contributed by atoms with Gasteiger partial charge in [-0.3, -0.25) is 59.7 Å². The van der Waals surface area contributed by atoms with Crippen molar-refractivity contribution < 1.29 is 29.2 Å². The maximum Gasteiger partial charge on any atom is 0.293 e. The zero-order chi connectivity index (χ0) is 52.4. The number of carbonyl (C=O) groups is 3. The average molecular weight is 1030 g/mol. The van der Waals surface area contributed by atoms with Crippen LogP contribution in [0.25, 0.3) is 0 Å². The fourth-order valence-electron chi connectivity index (χ4n) is 7.66. The molecule has 0 spiro atoms. The van der Waals surface area contributed by atoms with Crippen LogP contribution in [0.1, 0.15) is 89.4 Å². The molecule has 0 saturated carbocycles. The van der Waals surface area contributed by atoms with Gasteiger partial charge in [0.2, 0.25) is 0 Å². The van der Waals surface area contributed by atoms with Crippen molar-refractivity contribution in [2.45, 2.75) is 57.8 Å². The van der Waals surface area contributed by atoms with E-state index in [9.17, 15) is 44.7 Å². The van der Waals surface area contributed by atoms with Gasteiger partial charge in [0.15, 0.2) is 0 Å². The molecule has 3 aliphatic rings. The van der Waals surface area contributed by atoms with E-state index in [1.54, 1.807) is 42.6 Å². The smallest absolute Gasteiger partial charge is 0.293 e. The van der Waals surface area contributed by atoms with Crippen LogP contribution in [0.15, 0.2) is 110 Å². The number of rotatable bonds is 9. The second kappa shape index (κ2) is 20.0. The van der Waals surface area contributed by atoms with Gasteiger partial charge in [-0.1, -0.05) is 42.7 Å². The number of nitro benzene ring substituents is 3. The third-order valence-corrected chi connectivity index (χ3v) is 13.8. The fraction of sp³-hybridized carbons (Fsp3) is 0.188. The van der Waals surface area contributed by atoms with Gasteiger partial charge in [0.25, 0.3) is 34.8 Å². The van der Waals surface area contributed by atoms with E-state index in [0.717, 1.165) is 16.7 Å². The molecule has 3 aliphatic heterocycles. The van der Waals surface area contributed by atoms with E-state index in [4.69, 9.17) is 36.7 Å². The number of nitrogens with one attached hydrogen (secondary N) is 6. The molecule has 21 nitrogen and oxygen atoms in total. The lowest BCUT2D eigenvalue weighted by molar-refractivity contribution is -0.384. The number of hydrogen-bond acceptors (Lipinski definition) is 15. The number of fused-ring (bicyclic) bond motifs is 3. The van der Waals surface area contributed by atoms with Crippen molar-refractivity contribution >= 4 is 121 Å². The summed E-state index contributed by atoms with van der Waals surface area (Å²) in [5.41, 5.74) is 3.36. The predicted molar refractivity (Wildman–Crippen MR) is 284 cm³/mol. The van der Waals surface area contributed by atoms with Crippen LogP contribution < -0.4 is 31.9 Å². The lowest BCUT2D eigenvalue weighted by atomic mass is 9.86. The molecule has 0 bridgehead atoms. The summed E-state index contributed by atoms with van der Waals surface area (Å²) in [5, 5.41) is 51.1. The molecule has 6 aromatic rings. The van der Waals surface area contributed by atoms with E-state index in [1.807, 2.05) is 41.5 Å². The summed E-state index contributed by atoms with van der Waals surface area (Å²) < 4.78 is 0. The third-order valence-electron chi connectivity index (χ3n) is 12.0. The number of aromatic nitrogens is 3. The lowest BCUT2D eigenvalue weighted by Crippen LogP contribution is -2.25. The molecule has 0 radical (unpaired) electrons. The van der Waals surface area contributed by atoms with Gasteiger partial charge in [0, 0.05) is 88.1 Å². The zero-order valence-corrected chi connectivity index (χ0v) is 41.4. The second-order valence-corrected chi connectivity index (χ2v) is 19.0.